The molecule has 1 heterocycles. The average molecular weight is 394 g/mol. The molecule has 1 saturated carbocycles. The number of halogens is 1. The lowest BCUT2D eigenvalue weighted by Gasteiger charge is -2.30. The molecule has 20 heavy (non-hydrogen) atoms. The normalized spacial score (nSPS) is 25.2. The third-order valence-electron chi connectivity index (χ3n) is 4.74. The quantitative estimate of drug-likeness (QED) is 0.442. The van der Waals surface area contributed by atoms with Crippen LogP contribution >= 0.6 is 24.0 Å². The van der Waals surface area contributed by atoms with Crippen LogP contribution in [-0.2, 0) is 0 Å². The van der Waals surface area contributed by atoms with E-state index >= 15 is 0 Å². The van der Waals surface area contributed by atoms with E-state index in [4.69, 9.17) is 0 Å². The molecule has 1 aliphatic heterocycles. The number of aliphatic imine (C=N–C) groups is 1. The fourth-order valence-corrected chi connectivity index (χ4v) is 2.99. The molecule has 1 atom stereocenters. The molecule has 2 rings (SSSR count). The summed E-state index contributed by atoms with van der Waals surface area (Å²) in [6, 6.07) is 0.699. The predicted molar refractivity (Wildman–Crippen MR) is 97.0 cm³/mol. The van der Waals surface area contributed by atoms with E-state index in [9.17, 15) is 0 Å². The van der Waals surface area contributed by atoms with Gasteiger partial charge in [0.2, 0.25) is 0 Å². The third-order valence-corrected chi connectivity index (χ3v) is 4.74. The van der Waals surface area contributed by atoms with Gasteiger partial charge in [0.1, 0.15) is 0 Å². The van der Waals surface area contributed by atoms with E-state index in [0.29, 0.717) is 11.5 Å². The summed E-state index contributed by atoms with van der Waals surface area (Å²) in [5, 5.41) is 3.54. The standard InChI is InChI=1S/C15H30N4.HI/c1-5-19-10-6-7-13(19)11-18(4)14(16-3)17-12-15(2)8-9-15;/h13H,5-12H2,1-4H3,(H,16,17);1H. The van der Waals surface area contributed by atoms with Crippen molar-refractivity contribution in [2.24, 2.45) is 10.4 Å². The topological polar surface area (TPSA) is 30.9 Å². The smallest absolute Gasteiger partial charge is 0.193 e. The monoisotopic (exact) mass is 394 g/mol. The Morgan fingerprint density at radius 1 is 1.45 bits per heavy atom. The van der Waals surface area contributed by atoms with Crippen LogP contribution in [0.3, 0.4) is 0 Å². The van der Waals surface area contributed by atoms with Crippen molar-refractivity contribution < 1.29 is 0 Å². The molecule has 0 aromatic rings. The van der Waals surface area contributed by atoms with Crippen molar-refractivity contribution in [2.45, 2.75) is 45.6 Å². The van der Waals surface area contributed by atoms with Crippen LogP contribution in [0.4, 0.5) is 0 Å². The summed E-state index contributed by atoms with van der Waals surface area (Å²) in [5.74, 6) is 1.05. The fourth-order valence-electron chi connectivity index (χ4n) is 2.99. The highest BCUT2D eigenvalue weighted by atomic mass is 127. The summed E-state index contributed by atoms with van der Waals surface area (Å²) in [6.45, 7) is 9.19. The van der Waals surface area contributed by atoms with Gasteiger partial charge in [0.25, 0.3) is 0 Å². The van der Waals surface area contributed by atoms with E-state index < -0.39 is 0 Å². The van der Waals surface area contributed by atoms with Gasteiger partial charge in [-0.15, -0.1) is 24.0 Å². The number of nitrogens with one attached hydrogen (secondary N) is 1. The lowest BCUT2D eigenvalue weighted by Crippen LogP contribution is -2.46. The molecule has 2 aliphatic rings. The molecule has 0 amide bonds. The maximum absolute atomic E-state index is 4.42. The fraction of sp³-hybridized carbons (Fsp3) is 0.933. The van der Waals surface area contributed by atoms with E-state index in [1.54, 1.807) is 0 Å². The van der Waals surface area contributed by atoms with E-state index in [1.165, 1.54) is 38.8 Å². The molecule has 5 heteroatoms. The Morgan fingerprint density at radius 3 is 2.70 bits per heavy atom. The van der Waals surface area contributed by atoms with Gasteiger partial charge in [-0.25, -0.2) is 0 Å². The zero-order chi connectivity index (χ0) is 13.9. The van der Waals surface area contributed by atoms with Gasteiger partial charge in [-0.05, 0) is 44.2 Å². The third kappa shape index (κ3) is 4.76. The summed E-state index contributed by atoms with van der Waals surface area (Å²) in [5.41, 5.74) is 0.527. The molecule has 0 aromatic carbocycles. The Morgan fingerprint density at radius 2 is 2.15 bits per heavy atom. The van der Waals surface area contributed by atoms with Crippen molar-refractivity contribution in [2.75, 3.05) is 40.3 Å². The number of rotatable bonds is 5. The molecule has 1 unspecified atom stereocenters. The number of hydrogen-bond donors (Lipinski definition) is 1. The Kier molecular flexibility index (Phi) is 7.04. The molecule has 0 radical (unpaired) electrons. The average Bonchev–Trinajstić information content (AvgIpc) is 2.96. The second kappa shape index (κ2) is 7.82. The minimum Gasteiger partial charge on any atom is -0.356 e. The van der Waals surface area contributed by atoms with Crippen LogP contribution in [0.5, 0.6) is 0 Å². The predicted octanol–water partition coefficient (Wildman–Crippen LogP) is 2.40. The van der Waals surface area contributed by atoms with Crippen LogP contribution in [0.2, 0.25) is 0 Å². The highest BCUT2D eigenvalue weighted by Crippen LogP contribution is 2.44. The Bertz CT molecular complexity index is 328. The molecule has 118 valence electrons. The molecule has 0 aromatic heterocycles. The van der Waals surface area contributed by atoms with Crippen LogP contribution in [0.1, 0.15) is 39.5 Å². The van der Waals surface area contributed by atoms with Gasteiger partial charge in [-0.2, -0.15) is 0 Å². The molecular weight excluding hydrogens is 363 g/mol. The number of likely N-dealkylation sites (tertiary alicyclic amines) is 1. The Balaban J connectivity index is 0.00000200. The molecule has 0 bridgehead atoms. The zero-order valence-electron chi connectivity index (χ0n) is 13.5. The van der Waals surface area contributed by atoms with Gasteiger partial charge in [-0.3, -0.25) is 9.89 Å². The van der Waals surface area contributed by atoms with Crippen LogP contribution in [0, 0.1) is 5.41 Å². The molecule has 2 fully saturated rings. The number of likely N-dealkylation sites (N-methyl/N-ethyl adjacent to an activating group) is 2. The van der Waals surface area contributed by atoms with Gasteiger partial charge in [-0.1, -0.05) is 13.8 Å². The minimum atomic E-state index is 0. The van der Waals surface area contributed by atoms with Gasteiger partial charge < -0.3 is 10.2 Å². The van der Waals surface area contributed by atoms with E-state index in [1.807, 2.05) is 7.05 Å². The van der Waals surface area contributed by atoms with Crippen molar-refractivity contribution in [3.05, 3.63) is 0 Å². The van der Waals surface area contributed by atoms with Crippen LogP contribution in [0.25, 0.3) is 0 Å². The van der Waals surface area contributed by atoms with Crippen molar-refractivity contribution in [1.29, 1.82) is 0 Å². The van der Waals surface area contributed by atoms with Crippen molar-refractivity contribution in [1.82, 2.24) is 15.1 Å². The van der Waals surface area contributed by atoms with Crippen molar-refractivity contribution in [3.63, 3.8) is 0 Å². The summed E-state index contributed by atoms with van der Waals surface area (Å²) >= 11 is 0. The van der Waals surface area contributed by atoms with E-state index in [2.05, 4.69) is 41.0 Å². The highest BCUT2D eigenvalue weighted by Gasteiger charge is 2.37. The maximum Gasteiger partial charge on any atom is 0.193 e. The first kappa shape index (κ1) is 18.0. The largest absolute Gasteiger partial charge is 0.356 e. The van der Waals surface area contributed by atoms with Crippen LogP contribution < -0.4 is 5.32 Å². The molecule has 1 aliphatic carbocycles. The molecule has 1 N–H and O–H groups in total. The van der Waals surface area contributed by atoms with Crippen molar-refractivity contribution in [3.8, 4) is 0 Å². The van der Waals surface area contributed by atoms with E-state index in [-0.39, 0.29) is 24.0 Å². The zero-order valence-corrected chi connectivity index (χ0v) is 15.8. The SMILES string of the molecule is CCN1CCCC1CN(C)C(=NC)NCC1(C)CC1.I. The van der Waals surface area contributed by atoms with Crippen molar-refractivity contribution >= 4 is 29.9 Å². The minimum absolute atomic E-state index is 0. The summed E-state index contributed by atoms with van der Waals surface area (Å²) < 4.78 is 0. The number of hydrogen-bond acceptors (Lipinski definition) is 2. The first-order chi connectivity index (χ1) is 9.08. The molecule has 1 saturated heterocycles. The van der Waals surface area contributed by atoms with Gasteiger partial charge in [0.05, 0.1) is 0 Å². The van der Waals surface area contributed by atoms with Crippen LogP contribution in [-0.4, -0.2) is 62.1 Å². The Labute approximate surface area is 141 Å². The first-order valence-corrected chi connectivity index (χ1v) is 7.74. The molecule has 4 nitrogen and oxygen atoms in total. The summed E-state index contributed by atoms with van der Waals surface area (Å²) in [7, 11) is 4.05. The van der Waals surface area contributed by atoms with Crippen LogP contribution in [0.15, 0.2) is 4.99 Å². The highest BCUT2D eigenvalue weighted by molar-refractivity contribution is 14.0. The number of guanidine groups is 1. The summed E-state index contributed by atoms with van der Waals surface area (Å²) in [4.78, 5) is 9.31. The second-order valence-corrected chi connectivity index (χ2v) is 6.52. The van der Waals surface area contributed by atoms with Gasteiger partial charge >= 0.3 is 0 Å². The second-order valence-electron chi connectivity index (χ2n) is 6.52. The summed E-state index contributed by atoms with van der Waals surface area (Å²) in [6.07, 6.45) is 5.38. The first-order valence-electron chi connectivity index (χ1n) is 7.74. The molecular formula is C15H31IN4. The van der Waals surface area contributed by atoms with E-state index in [0.717, 1.165) is 19.0 Å². The number of nitrogens with zero attached hydrogens (tertiary/aromatic N) is 3. The van der Waals surface area contributed by atoms with Gasteiger partial charge in [0, 0.05) is 33.2 Å². The Hall–Kier alpha value is -0.0400. The van der Waals surface area contributed by atoms with Gasteiger partial charge in [0.15, 0.2) is 5.96 Å². The maximum atomic E-state index is 4.42. The molecule has 0 spiro atoms. The lowest BCUT2D eigenvalue weighted by atomic mass is 10.1. The lowest BCUT2D eigenvalue weighted by molar-refractivity contribution is 0.232.